The summed E-state index contributed by atoms with van der Waals surface area (Å²) in [6, 6.07) is 110. The van der Waals surface area contributed by atoms with Gasteiger partial charge in [0.1, 0.15) is 0 Å². The first kappa shape index (κ1) is 53.7. The SMILES string of the molecule is CN(c1ccc(-c2ccc(N(c3ccccc3)c3cccc(-c4ccccc4)c3)cc2)cc1)c1cccc([N+](=O)[O-])c1.CN(c1ccc(C#N)cc1)c1ccc(-c2ccc(N(c3ccccc3)c3cccc(-c4ccccc4)c3)cc2)cc1. The summed E-state index contributed by atoms with van der Waals surface area (Å²) in [6.45, 7) is 0. The second-order valence-electron chi connectivity index (χ2n) is 19.9. The molecular formula is C75H58N6O2. The van der Waals surface area contributed by atoms with E-state index < -0.39 is 0 Å². The first-order valence-corrected chi connectivity index (χ1v) is 27.4. The van der Waals surface area contributed by atoms with Gasteiger partial charge in [-0.25, -0.2) is 0 Å². The van der Waals surface area contributed by atoms with Gasteiger partial charge in [-0.3, -0.25) is 10.1 Å². The maximum atomic E-state index is 11.2. The van der Waals surface area contributed by atoms with Gasteiger partial charge in [-0.05, 0) is 172 Å². The Bertz CT molecular complexity index is 4120. The zero-order valence-corrected chi connectivity index (χ0v) is 46.0. The topological polar surface area (TPSA) is 79.9 Å². The van der Waals surface area contributed by atoms with Crippen molar-refractivity contribution in [2.75, 3.05) is 33.7 Å². The summed E-state index contributed by atoms with van der Waals surface area (Å²) in [7, 11) is 3.95. The molecule has 0 unspecified atom stereocenters. The highest BCUT2D eigenvalue weighted by atomic mass is 16.6. The lowest BCUT2D eigenvalue weighted by molar-refractivity contribution is -0.384. The molecule has 12 aromatic rings. The summed E-state index contributed by atoms with van der Waals surface area (Å²) in [4.78, 5) is 19.5. The molecule has 0 bridgehead atoms. The molecule has 0 spiro atoms. The van der Waals surface area contributed by atoms with Crippen LogP contribution >= 0.6 is 0 Å². The highest BCUT2D eigenvalue weighted by Crippen LogP contribution is 2.40. The predicted molar refractivity (Wildman–Crippen MR) is 344 cm³/mol. The van der Waals surface area contributed by atoms with Crippen LogP contribution in [0, 0.1) is 21.4 Å². The summed E-state index contributed by atoms with van der Waals surface area (Å²) in [5, 5.41) is 20.3. The summed E-state index contributed by atoms with van der Waals surface area (Å²) >= 11 is 0. The maximum absolute atomic E-state index is 11.2. The number of nitro benzene ring substituents is 1. The molecule has 8 heteroatoms. The van der Waals surface area contributed by atoms with Crippen molar-refractivity contribution in [3.05, 3.63) is 331 Å². The van der Waals surface area contributed by atoms with E-state index in [0.29, 0.717) is 5.56 Å². The van der Waals surface area contributed by atoms with Crippen LogP contribution in [0.15, 0.2) is 315 Å². The van der Waals surface area contributed by atoms with Gasteiger partial charge in [0, 0.05) is 83.1 Å². The highest BCUT2D eigenvalue weighted by molar-refractivity contribution is 5.83. The van der Waals surface area contributed by atoms with Crippen LogP contribution in [0.2, 0.25) is 0 Å². The van der Waals surface area contributed by atoms with Crippen LogP contribution in [0.1, 0.15) is 5.56 Å². The fourth-order valence-corrected chi connectivity index (χ4v) is 10.2. The third-order valence-electron chi connectivity index (χ3n) is 14.7. The zero-order valence-electron chi connectivity index (χ0n) is 46.0. The van der Waals surface area contributed by atoms with Gasteiger partial charge in [-0.15, -0.1) is 0 Å². The normalized spacial score (nSPS) is 10.6. The van der Waals surface area contributed by atoms with Crippen molar-refractivity contribution in [2.24, 2.45) is 0 Å². The van der Waals surface area contributed by atoms with E-state index in [1.807, 2.05) is 85.7 Å². The van der Waals surface area contributed by atoms with Crippen molar-refractivity contribution >= 4 is 62.6 Å². The van der Waals surface area contributed by atoms with Crippen LogP contribution in [-0.4, -0.2) is 19.0 Å². The molecule has 0 saturated heterocycles. The van der Waals surface area contributed by atoms with Crippen LogP contribution in [0.3, 0.4) is 0 Å². The summed E-state index contributed by atoms with van der Waals surface area (Å²) in [5.74, 6) is 0. The third kappa shape index (κ3) is 12.6. The molecule has 0 heterocycles. The van der Waals surface area contributed by atoms with Crippen LogP contribution < -0.4 is 19.6 Å². The van der Waals surface area contributed by atoms with Crippen molar-refractivity contribution < 1.29 is 4.92 Å². The number of hydrogen-bond donors (Lipinski definition) is 0. The van der Waals surface area contributed by atoms with Crippen LogP contribution in [0.25, 0.3) is 44.5 Å². The van der Waals surface area contributed by atoms with E-state index in [-0.39, 0.29) is 10.6 Å². The van der Waals surface area contributed by atoms with Crippen LogP contribution in [-0.2, 0) is 0 Å². The van der Waals surface area contributed by atoms with Gasteiger partial charge in [-0.2, -0.15) is 5.26 Å². The molecule has 83 heavy (non-hydrogen) atoms. The zero-order chi connectivity index (χ0) is 56.9. The fourth-order valence-electron chi connectivity index (χ4n) is 10.2. The molecule has 0 fully saturated rings. The van der Waals surface area contributed by atoms with Crippen molar-refractivity contribution in [1.82, 2.24) is 0 Å². The molecule has 0 saturated carbocycles. The molecule has 0 aliphatic rings. The molecule has 0 aromatic heterocycles. The number of para-hydroxylation sites is 2. The number of anilines is 10. The first-order valence-electron chi connectivity index (χ1n) is 27.4. The standard InChI is InChI=1S/C38H29N3.C37H29N3O2/c1-40(34-21-15-29(28-39)16-22-34)35-23-17-31(18-24-35)32-19-25-37(26-20-32)41(36-12-6-3-7-13-36)38-14-8-11-33(27-38)30-9-4-2-5-10-30;1-38(35-15-9-17-37(27-35)40(41)42)32-22-18-29(19-23-32)30-20-24-34(25-21-30)39(33-13-6-3-7-14-33)36-16-8-12-31(26-36)28-10-4-2-5-11-28/h2-27H,1H3;2-27H,1H3. The molecule has 0 N–H and O–H groups in total. The van der Waals surface area contributed by atoms with Gasteiger partial charge < -0.3 is 19.6 Å². The van der Waals surface area contributed by atoms with Crippen LogP contribution in [0.5, 0.6) is 0 Å². The first-order chi connectivity index (χ1) is 40.8. The summed E-state index contributed by atoms with van der Waals surface area (Å²) in [5.41, 5.74) is 20.4. The molecule has 0 aliphatic heterocycles. The Kier molecular flexibility index (Phi) is 16.3. The van der Waals surface area contributed by atoms with E-state index in [0.717, 1.165) is 79.1 Å². The average Bonchev–Trinajstić information content (AvgIpc) is 3.67. The molecule has 0 radical (unpaired) electrons. The Balaban J connectivity index is 0.000000174. The largest absolute Gasteiger partial charge is 0.345 e. The van der Waals surface area contributed by atoms with Gasteiger partial charge in [0.25, 0.3) is 5.69 Å². The molecule has 400 valence electrons. The van der Waals surface area contributed by atoms with E-state index in [1.165, 1.54) is 28.3 Å². The lowest BCUT2D eigenvalue weighted by Crippen LogP contribution is -2.10. The molecular weight excluding hydrogens is 1020 g/mol. The molecule has 0 amide bonds. The van der Waals surface area contributed by atoms with Crippen LogP contribution in [0.4, 0.5) is 62.6 Å². The van der Waals surface area contributed by atoms with Crippen molar-refractivity contribution in [3.63, 3.8) is 0 Å². The second kappa shape index (κ2) is 25.2. The van der Waals surface area contributed by atoms with Crippen molar-refractivity contribution in [1.29, 1.82) is 5.26 Å². The number of nitro groups is 1. The maximum Gasteiger partial charge on any atom is 0.271 e. The van der Waals surface area contributed by atoms with Crippen molar-refractivity contribution in [2.45, 2.75) is 0 Å². The van der Waals surface area contributed by atoms with Gasteiger partial charge >= 0.3 is 0 Å². The minimum atomic E-state index is -0.372. The predicted octanol–water partition coefficient (Wildman–Crippen LogP) is 20.3. The molecule has 8 nitrogen and oxygen atoms in total. The Hall–Kier alpha value is -11.3. The molecule has 0 aliphatic carbocycles. The van der Waals surface area contributed by atoms with Crippen molar-refractivity contribution in [3.8, 4) is 50.6 Å². The number of nitrogens with zero attached hydrogens (tertiary/aromatic N) is 6. The number of non-ortho nitro benzene ring substituents is 1. The van der Waals surface area contributed by atoms with Gasteiger partial charge in [0.05, 0.1) is 16.6 Å². The summed E-state index contributed by atoms with van der Waals surface area (Å²) < 4.78 is 0. The summed E-state index contributed by atoms with van der Waals surface area (Å²) in [6.07, 6.45) is 0. The Morgan fingerprint density at radius 3 is 0.940 bits per heavy atom. The van der Waals surface area contributed by atoms with E-state index in [1.54, 1.807) is 12.1 Å². The van der Waals surface area contributed by atoms with E-state index >= 15 is 0 Å². The van der Waals surface area contributed by atoms with E-state index in [2.05, 4.69) is 251 Å². The smallest absolute Gasteiger partial charge is 0.271 e. The van der Waals surface area contributed by atoms with Gasteiger partial charge in [-0.1, -0.05) is 176 Å². The second-order valence-corrected chi connectivity index (χ2v) is 19.9. The number of benzene rings is 12. The minimum absolute atomic E-state index is 0.0763. The minimum Gasteiger partial charge on any atom is -0.345 e. The monoisotopic (exact) mass is 1070 g/mol. The average molecular weight is 1080 g/mol. The Morgan fingerprint density at radius 1 is 0.289 bits per heavy atom. The number of nitriles is 1. The van der Waals surface area contributed by atoms with E-state index in [4.69, 9.17) is 5.26 Å². The Morgan fingerprint density at radius 2 is 0.566 bits per heavy atom. The number of rotatable bonds is 15. The molecule has 12 rings (SSSR count). The Labute approximate surface area is 485 Å². The lowest BCUT2D eigenvalue weighted by atomic mass is 10.0. The fraction of sp³-hybridized carbons (Fsp3) is 0.0267. The number of hydrogen-bond acceptors (Lipinski definition) is 7. The highest BCUT2D eigenvalue weighted by Gasteiger charge is 2.17. The quantitative estimate of drug-likeness (QED) is 0.0747. The van der Waals surface area contributed by atoms with Gasteiger partial charge in [0.15, 0.2) is 0 Å². The lowest BCUT2D eigenvalue weighted by Gasteiger charge is -2.26. The third-order valence-corrected chi connectivity index (χ3v) is 14.7. The van der Waals surface area contributed by atoms with Gasteiger partial charge in [0.2, 0.25) is 0 Å². The van der Waals surface area contributed by atoms with E-state index in [9.17, 15) is 10.1 Å². The molecule has 12 aromatic carbocycles. The molecule has 0 atom stereocenters.